The van der Waals surface area contributed by atoms with Gasteiger partial charge in [-0.3, -0.25) is 9.69 Å². The van der Waals surface area contributed by atoms with Crippen LogP contribution in [-0.4, -0.2) is 38.1 Å². The fourth-order valence-electron chi connectivity index (χ4n) is 4.84. The summed E-state index contributed by atoms with van der Waals surface area (Å²) in [7, 11) is 0. The predicted octanol–water partition coefficient (Wildman–Crippen LogP) is 5.95. The van der Waals surface area contributed by atoms with Crippen molar-refractivity contribution in [3.63, 3.8) is 0 Å². The number of para-hydroxylation sites is 1. The molecule has 0 spiro atoms. The zero-order valence-corrected chi connectivity index (χ0v) is 22.0. The van der Waals surface area contributed by atoms with E-state index < -0.39 is 0 Å². The fourth-order valence-corrected chi connectivity index (χ4v) is 4.84. The quantitative estimate of drug-likeness (QED) is 0.359. The summed E-state index contributed by atoms with van der Waals surface area (Å²) < 4.78 is 0. The van der Waals surface area contributed by atoms with Gasteiger partial charge < -0.3 is 15.5 Å². The molecule has 0 aromatic heterocycles. The third-order valence-corrected chi connectivity index (χ3v) is 6.85. The van der Waals surface area contributed by atoms with Crippen molar-refractivity contribution in [1.82, 2.24) is 5.32 Å². The van der Waals surface area contributed by atoms with Gasteiger partial charge >= 0.3 is 6.03 Å². The summed E-state index contributed by atoms with van der Waals surface area (Å²) in [5.41, 5.74) is 6.33. The Hall–Kier alpha value is -3.80. The number of carbonyl (C=O) groups excluding carboxylic acids is 2. The molecule has 0 saturated carbocycles. The first-order valence-corrected chi connectivity index (χ1v) is 13.4. The second-order valence-corrected chi connectivity index (χ2v) is 9.66. The summed E-state index contributed by atoms with van der Waals surface area (Å²) in [6.07, 6.45) is 4.28. The highest BCUT2D eigenvalue weighted by molar-refractivity contribution is 6.02. The topological polar surface area (TPSA) is 64.7 Å². The molecule has 37 heavy (non-hydrogen) atoms. The predicted molar refractivity (Wildman–Crippen MR) is 153 cm³/mol. The Morgan fingerprint density at radius 1 is 0.973 bits per heavy atom. The van der Waals surface area contributed by atoms with E-state index in [4.69, 9.17) is 0 Å². The van der Waals surface area contributed by atoms with Crippen LogP contribution in [0, 0.1) is 6.92 Å². The van der Waals surface area contributed by atoms with Gasteiger partial charge in [-0.15, -0.1) is 0 Å². The molecule has 4 rings (SSSR count). The van der Waals surface area contributed by atoms with Gasteiger partial charge in [0.25, 0.3) is 0 Å². The van der Waals surface area contributed by atoms with Crippen LogP contribution in [0.4, 0.5) is 21.9 Å². The highest BCUT2D eigenvalue weighted by Crippen LogP contribution is 2.27. The molecule has 1 aliphatic rings. The van der Waals surface area contributed by atoms with Crippen LogP contribution in [0.5, 0.6) is 0 Å². The Morgan fingerprint density at radius 2 is 1.78 bits per heavy atom. The lowest BCUT2D eigenvalue weighted by molar-refractivity contribution is -0.120. The largest absolute Gasteiger partial charge is 0.372 e. The maximum Gasteiger partial charge on any atom is 0.326 e. The van der Waals surface area contributed by atoms with E-state index in [0.717, 1.165) is 55.7 Å². The van der Waals surface area contributed by atoms with Gasteiger partial charge in [0.2, 0.25) is 5.91 Å². The van der Waals surface area contributed by atoms with E-state index in [1.807, 2.05) is 47.4 Å². The van der Waals surface area contributed by atoms with Crippen molar-refractivity contribution >= 4 is 29.0 Å². The Bertz CT molecular complexity index is 1190. The highest BCUT2D eigenvalue weighted by Gasteiger charge is 2.21. The monoisotopic (exact) mass is 498 g/mol. The molecule has 6 heteroatoms. The second kappa shape index (κ2) is 12.9. The molecule has 3 aromatic carbocycles. The number of anilines is 3. The van der Waals surface area contributed by atoms with Crippen LogP contribution in [0.1, 0.15) is 42.9 Å². The van der Waals surface area contributed by atoms with Crippen LogP contribution >= 0.6 is 0 Å². The number of fused-ring (bicyclic) bond motifs is 1. The van der Waals surface area contributed by atoms with E-state index in [2.05, 4.69) is 59.7 Å². The normalized spacial score (nSPS) is 12.9. The molecule has 0 fully saturated rings. The van der Waals surface area contributed by atoms with Gasteiger partial charge in [0, 0.05) is 43.2 Å². The molecule has 0 atom stereocenters. The van der Waals surface area contributed by atoms with Gasteiger partial charge in [-0.1, -0.05) is 42.5 Å². The van der Waals surface area contributed by atoms with Crippen molar-refractivity contribution in [2.45, 2.75) is 46.0 Å². The smallest absolute Gasteiger partial charge is 0.326 e. The number of rotatable bonds is 9. The molecule has 0 radical (unpaired) electrons. The second-order valence-electron chi connectivity index (χ2n) is 9.66. The van der Waals surface area contributed by atoms with E-state index in [0.29, 0.717) is 19.5 Å². The van der Waals surface area contributed by atoms with Crippen molar-refractivity contribution < 1.29 is 9.59 Å². The number of carbonyl (C=O) groups is 2. The Balaban J connectivity index is 1.23. The summed E-state index contributed by atoms with van der Waals surface area (Å²) in [5, 5.41) is 6.05. The SMILES string of the molecule is CCN(CCCNC(=O)Cc1ccc(NC(=O)N2CCCCc3ccccc32)cc1)c1cccc(C)c1. The van der Waals surface area contributed by atoms with Crippen molar-refractivity contribution in [2.24, 2.45) is 0 Å². The Morgan fingerprint density at radius 3 is 2.57 bits per heavy atom. The molecule has 1 heterocycles. The summed E-state index contributed by atoms with van der Waals surface area (Å²) >= 11 is 0. The number of amides is 3. The van der Waals surface area contributed by atoms with Gasteiger partial charge in [-0.05, 0) is 86.6 Å². The molecular weight excluding hydrogens is 460 g/mol. The van der Waals surface area contributed by atoms with Crippen LogP contribution in [-0.2, 0) is 17.6 Å². The lowest BCUT2D eigenvalue weighted by Crippen LogP contribution is -2.35. The first-order valence-electron chi connectivity index (χ1n) is 13.4. The summed E-state index contributed by atoms with van der Waals surface area (Å²) in [6.45, 7) is 7.45. The van der Waals surface area contributed by atoms with Gasteiger partial charge in [-0.2, -0.15) is 0 Å². The van der Waals surface area contributed by atoms with Crippen LogP contribution in [0.2, 0.25) is 0 Å². The third kappa shape index (κ3) is 7.35. The molecule has 0 unspecified atom stereocenters. The Kier molecular flexibility index (Phi) is 9.19. The third-order valence-electron chi connectivity index (χ3n) is 6.85. The summed E-state index contributed by atoms with van der Waals surface area (Å²) in [4.78, 5) is 29.6. The molecule has 1 aliphatic heterocycles. The lowest BCUT2D eigenvalue weighted by Gasteiger charge is -2.23. The van der Waals surface area contributed by atoms with Crippen LogP contribution in [0.25, 0.3) is 0 Å². The van der Waals surface area contributed by atoms with Crippen molar-refractivity contribution in [2.75, 3.05) is 41.3 Å². The molecule has 0 aliphatic carbocycles. The van der Waals surface area contributed by atoms with Gasteiger partial charge in [0.15, 0.2) is 0 Å². The molecule has 194 valence electrons. The number of hydrogen-bond donors (Lipinski definition) is 2. The molecule has 3 amide bonds. The average Bonchev–Trinajstić information content (AvgIpc) is 3.12. The van der Waals surface area contributed by atoms with E-state index in [-0.39, 0.29) is 11.9 Å². The maximum absolute atomic E-state index is 13.0. The lowest BCUT2D eigenvalue weighted by atomic mass is 10.1. The van der Waals surface area contributed by atoms with Gasteiger partial charge in [0.05, 0.1) is 6.42 Å². The standard InChI is InChI=1S/C31H38N4O2/c1-3-34(28-13-8-10-24(2)22-28)20-9-19-32-30(36)23-25-15-17-27(18-16-25)33-31(37)35-21-7-6-12-26-11-4-5-14-29(26)35/h4-5,8,10-11,13-18,22H,3,6-7,9,12,19-21,23H2,1-2H3,(H,32,36)(H,33,37). The minimum Gasteiger partial charge on any atom is -0.372 e. The van der Waals surface area contributed by atoms with Crippen LogP contribution in [0.15, 0.2) is 72.8 Å². The minimum atomic E-state index is -0.119. The number of benzene rings is 3. The van der Waals surface area contributed by atoms with E-state index in [9.17, 15) is 9.59 Å². The van der Waals surface area contributed by atoms with Gasteiger partial charge in [-0.25, -0.2) is 4.79 Å². The van der Waals surface area contributed by atoms with Crippen molar-refractivity contribution in [3.05, 3.63) is 89.5 Å². The number of aryl methyl sites for hydroxylation is 2. The number of urea groups is 1. The fraction of sp³-hybridized carbons (Fsp3) is 0.355. The number of hydrogen-bond acceptors (Lipinski definition) is 3. The number of nitrogens with one attached hydrogen (secondary N) is 2. The van der Waals surface area contributed by atoms with Crippen LogP contribution in [0.3, 0.4) is 0 Å². The molecule has 3 aromatic rings. The summed E-state index contributed by atoms with van der Waals surface area (Å²) in [6, 6.07) is 24.1. The number of nitrogens with zero attached hydrogens (tertiary/aromatic N) is 2. The maximum atomic E-state index is 13.0. The van der Waals surface area contributed by atoms with E-state index in [1.54, 1.807) is 0 Å². The van der Waals surface area contributed by atoms with Crippen molar-refractivity contribution in [1.29, 1.82) is 0 Å². The molecule has 0 saturated heterocycles. The minimum absolute atomic E-state index is 0.0107. The zero-order valence-electron chi connectivity index (χ0n) is 22.0. The molecule has 0 bridgehead atoms. The van der Waals surface area contributed by atoms with Crippen LogP contribution < -0.4 is 20.4 Å². The van der Waals surface area contributed by atoms with Gasteiger partial charge in [0.1, 0.15) is 0 Å². The first-order chi connectivity index (χ1) is 18.0. The molecule has 2 N–H and O–H groups in total. The zero-order chi connectivity index (χ0) is 26.0. The van der Waals surface area contributed by atoms with E-state index in [1.165, 1.54) is 16.8 Å². The average molecular weight is 499 g/mol. The summed E-state index contributed by atoms with van der Waals surface area (Å²) in [5.74, 6) is 0.0107. The highest BCUT2D eigenvalue weighted by atomic mass is 16.2. The molecule has 6 nitrogen and oxygen atoms in total. The van der Waals surface area contributed by atoms with Crippen molar-refractivity contribution in [3.8, 4) is 0 Å². The van der Waals surface area contributed by atoms with E-state index >= 15 is 0 Å². The first kappa shape index (κ1) is 26.3. The molecular formula is C31H38N4O2. The Labute approximate surface area is 220 Å².